The van der Waals surface area contributed by atoms with E-state index in [9.17, 15) is 26.4 Å². The second-order valence-electron chi connectivity index (χ2n) is 4.00. The van der Waals surface area contributed by atoms with Crippen LogP contribution in [0.4, 0.5) is 13.2 Å². The quantitative estimate of drug-likeness (QED) is 0.811. The van der Waals surface area contributed by atoms with E-state index in [1.54, 1.807) is 0 Å². The summed E-state index contributed by atoms with van der Waals surface area (Å²) in [5.74, 6) is -1.56. The van der Waals surface area contributed by atoms with E-state index in [0.29, 0.717) is 19.3 Å². The normalized spacial score (nSPS) is 21.1. The number of alkyl halides is 3. The molecule has 17 heavy (non-hydrogen) atoms. The van der Waals surface area contributed by atoms with Gasteiger partial charge in [0.2, 0.25) is 0 Å². The summed E-state index contributed by atoms with van der Waals surface area (Å²) in [6, 6.07) is 0. The molecule has 1 saturated carbocycles. The number of halogens is 3. The van der Waals surface area contributed by atoms with Crippen molar-refractivity contribution in [3.05, 3.63) is 0 Å². The Morgan fingerprint density at radius 3 is 2.00 bits per heavy atom. The summed E-state index contributed by atoms with van der Waals surface area (Å²) in [6.07, 6.45) is 1.19. The van der Waals surface area contributed by atoms with Crippen LogP contribution in [0, 0.1) is 0 Å². The lowest BCUT2D eigenvalue weighted by Gasteiger charge is -2.33. The molecule has 0 aromatic rings. The van der Waals surface area contributed by atoms with Crippen LogP contribution in [0.25, 0.3) is 0 Å². The molecule has 1 aliphatic rings. The van der Waals surface area contributed by atoms with E-state index in [1.807, 2.05) is 0 Å². The van der Waals surface area contributed by atoms with Gasteiger partial charge in [0, 0.05) is 0 Å². The number of nitrogens with one attached hydrogen (secondary N) is 1. The molecule has 2 N–H and O–H groups in total. The van der Waals surface area contributed by atoms with Gasteiger partial charge in [-0.2, -0.15) is 17.9 Å². The number of carboxylic acids is 1. The number of hydrogen-bond donors (Lipinski definition) is 2. The molecule has 1 aliphatic carbocycles. The molecule has 0 aromatic carbocycles. The summed E-state index contributed by atoms with van der Waals surface area (Å²) in [5.41, 5.74) is -7.51. The number of rotatable bonds is 3. The van der Waals surface area contributed by atoms with E-state index in [0.717, 1.165) is 0 Å². The topological polar surface area (TPSA) is 83.5 Å². The van der Waals surface area contributed by atoms with Crippen LogP contribution in [0.1, 0.15) is 32.1 Å². The SMILES string of the molecule is O=C(O)C1(NS(=O)(=O)C(F)(F)F)CCCCC1. The first-order valence-corrected chi connectivity index (χ1v) is 6.43. The average Bonchev–Trinajstić information content (AvgIpc) is 2.16. The van der Waals surface area contributed by atoms with Crippen molar-refractivity contribution >= 4 is 16.0 Å². The zero-order valence-electron chi connectivity index (χ0n) is 8.75. The third kappa shape index (κ3) is 2.89. The van der Waals surface area contributed by atoms with Crippen LogP contribution in [0.5, 0.6) is 0 Å². The lowest BCUT2D eigenvalue weighted by Crippen LogP contribution is -2.58. The summed E-state index contributed by atoms with van der Waals surface area (Å²) in [6.45, 7) is 0. The molecule has 0 aliphatic heterocycles. The molecule has 1 rings (SSSR count). The minimum atomic E-state index is -5.63. The standard InChI is InChI=1S/C8H12F3NO4S/c9-8(10,11)17(15,16)12-7(6(13)14)4-2-1-3-5-7/h12H,1-5H2,(H,13,14). The fourth-order valence-corrected chi connectivity index (χ4v) is 2.75. The molecule has 0 spiro atoms. The van der Waals surface area contributed by atoms with Gasteiger partial charge in [0.25, 0.3) is 0 Å². The van der Waals surface area contributed by atoms with Crippen molar-refractivity contribution in [1.29, 1.82) is 0 Å². The highest BCUT2D eigenvalue weighted by Gasteiger charge is 2.53. The van der Waals surface area contributed by atoms with E-state index in [4.69, 9.17) is 5.11 Å². The fraction of sp³-hybridized carbons (Fsp3) is 0.875. The van der Waals surface area contributed by atoms with Crippen molar-refractivity contribution in [3.8, 4) is 0 Å². The van der Waals surface area contributed by atoms with Crippen molar-refractivity contribution in [2.45, 2.75) is 43.2 Å². The third-order valence-corrected chi connectivity index (χ3v) is 4.02. The molecule has 0 aromatic heterocycles. The lowest BCUT2D eigenvalue weighted by atomic mass is 9.83. The summed E-state index contributed by atoms with van der Waals surface area (Å²) in [4.78, 5) is 11.0. The number of aliphatic carboxylic acids is 1. The van der Waals surface area contributed by atoms with E-state index in [-0.39, 0.29) is 12.8 Å². The summed E-state index contributed by atoms with van der Waals surface area (Å²) in [7, 11) is -5.63. The number of sulfonamides is 1. The second kappa shape index (κ2) is 4.45. The highest BCUT2D eigenvalue weighted by atomic mass is 32.2. The Morgan fingerprint density at radius 2 is 1.65 bits per heavy atom. The van der Waals surface area contributed by atoms with Crippen molar-refractivity contribution < 1.29 is 31.5 Å². The minimum Gasteiger partial charge on any atom is -0.480 e. The van der Waals surface area contributed by atoms with Gasteiger partial charge in [-0.25, -0.2) is 8.42 Å². The Kier molecular flexibility index (Phi) is 3.72. The Balaban J connectivity index is 3.00. The monoisotopic (exact) mass is 275 g/mol. The largest absolute Gasteiger partial charge is 0.511 e. The Bertz CT molecular complexity index is 397. The molecule has 1 fully saturated rings. The molecular weight excluding hydrogens is 263 g/mol. The molecule has 9 heteroatoms. The van der Waals surface area contributed by atoms with Crippen molar-refractivity contribution in [2.24, 2.45) is 0 Å². The molecule has 0 bridgehead atoms. The summed E-state index contributed by atoms with van der Waals surface area (Å²) >= 11 is 0. The van der Waals surface area contributed by atoms with E-state index < -0.39 is 27.0 Å². The Hall–Kier alpha value is -0.830. The molecule has 0 heterocycles. The Labute approximate surface area is 96.1 Å². The van der Waals surface area contributed by atoms with E-state index in [2.05, 4.69) is 0 Å². The van der Waals surface area contributed by atoms with Crippen LogP contribution in [-0.4, -0.2) is 30.5 Å². The van der Waals surface area contributed by atoms with Crippen LogP contribution < -0.4 is 4.72 Å². The number of carbonyl (C=O) groups is 1. The predicted molar refractivity (Wildman–Crippen MR) is 51.6 cm³/mol. The second-order valence-corrected chi connectivity index (χ2v) is 5.67. The minimum absolute atomic E-state index is 0.127. The molecule has 100 valence electrons. The maximum Gasteiger partial charge on any atom is 0.511 e. The lowest BCUT2D eigenvalue weighted by molar-refractivity contribution is -0.145. The van der Waals surface area contributed by atoms with Gasteiger partial charge < -0.3 is 5.11 Å². The van der Waals surface area contributed by atoms with Crippen LogP contribution in [0.3, 0.4) is 0 Å². The van der Waals surface area contributed by atoms with E-state index in [1.165, 1.54) is 4.72 Å². The molecule has 0 atom stereocenters. The first-order chi connectivity index (χ1) is 7.61. The zero-order chi connectivity index (χ0) is 13.3. The number of hydrogen-bond acceptors (Lipinski definition) is 3. The van der Waals surface area contributed by atoms with Gasteiger partial charge >= 0.3 is 21.5 Å². The zero-order valence-corrected chi connectivity index (χ0v) is 9.57. The van der Waals surface area contributed by atoms with Gasteiger partial charge in [-0.1, -0.05) is 19.3 Å². The maximum atomic E-state index is 12.2. The highest BCUT2D eigenvalue weighted by molar-refractivity contribution is 7.90. The van der Waals surface area contributed by atoms with Crippen LogP contribution >= 0.6 is 0 Å². The smallest absolute Gasteiger partial charge is 0.480 e. The highest BCUT2D eigenvalue weighted by Crippen LogP contribution is 2.32. The van der Waals surface area contributed by atoms with E-state index >= 15 is 0 Å². The van der Waals surface area contributed by atoms with Gasteiger partial charge in [-0.3, -0.25) is 4.79 Å². The fourth-order valence-electron chi connectivity index (χ4n) is 1.83. The van der Waals surface area contributed by atoms with Crippen molar-refractivity contribution in [2.75, 3.05) is 0 Å². The molecular formula is C8H12F3NO4S. The van der Waals surface area contributed by atoms with Gasteiger partial charge in [0.1, 0.15) is 5.54 Å². The molecule has 0 radical (unpaired) electrons. The third-order valence-electron chi connectivity index (χ3n) is 2.75. The Morgan fingerprint density at radius 1 is 1.18 bits per heavy atom. The molecule has 0 unspecified atom stereocenters. The first kappa shape index (κ1) is 14.2. The summed E-state index contributed by atoms with van der Waals surface area (Å²) in [5, 5.41) is 8.92. The summed E-state index contributed by atoms with van der Waals surface area (Å²) < 4.78 is 59.7. The van der Waals surface area contributed by atoms with Gasteiger partial charge in [-0.05, 0) is 12.8 Å². The number of carboxylic acid groups (broad SMARTS) is 1. The van der Waals surface area contributed by atoms with Crippen LogP contribution in [-0.2, 0) is 14.8 Å². The maximum absolute atomic E-state index is 12.2. The van der Waals surface area contributed by atoms with Crippen LogP contribution in [0.2, 0.25) is 0 Å². The van der Waals surface area contributed by atoms with Gasteiger partial charge in [-0.15, -0.1) is 0 Å². The average molecular weight is 275 g/mol. The van der Waals surface area contributed by atoms with Crippen LogP contribution in [0.15, 0.2) is 0 Å². The van der Waals surface area contributed by atoms with Gasteiger partial charge in [0.05, 0.1) is 0 Å². The first-order valence-electron chi connectivity index (χ1n) is 4.94. The van der Waals surface area contributed by atoms with Crippen molar-refractivity contribution in [3.63, 3.8) is 0 Å². The van der Waals surface area contributed by atoms with Gasteiger partial charge in [0.15, 0.2) is 0 Å². The predicted octanol–water partition coefficient (Wildman–Crippen LogP) is 1.21. The van der Waals surface area contributed by atoms with Crippen molar-refractivity contribution in [1.82, 2.24) is 4.72 Å². The molecule has 0 amide bonds. The molecule has 5 nitrogen and oxygen atoms in total. The molecule has 0 saturated heterocycles.